The lowest BCUT2D eigenvalue weighted by Gasteiger charge is -2.06. The predicted octanol–water partition coefficient (Wildman–Crippen LogP) is 0.494. The normalized spacial score (nSPS) is 10.0. The van der Waals surface area contributed by atoms with Crippen LogP contribution < -0.4 is 10.6 Å². The molecule has 0 atom stereocenters. The minimum Gasteiger partial charge on any atom is -0.348 e. The highest BCUT2D eigenvalue weighted by Gasteiger charge is 2.11. The third-order valence-electron chi connectivity index (χ3n) is 3.10. The lowest BCUT2D eigenvalue weighted by Crippen LogP contribution is -2.41. The SMILES string of the molecule is O=C(NCCc1ccncc1)C(=O)NCCc1ccncc1. The van der Waals surface area contributed by atoms with Crippen molar-refractivity contribution < 1.29 is 9.59 Å². The number of pyridine rings is 2. The molecule has 22 heavy (non-hydrogen) atoms. The Labute approximate surface area is 129 Å². The number of hydrogen-bond donors (Lipinski definition) is 2. The number of rotatable bonds is 6. The van der Waals surface area contributed by atoms with Crippen LogP contribution in [0.5, 0.6) is 0 Å². The van der Waals surface area contributed by atoms with Gasteiger partial charge in [0, 0.05) is 37.9 Å². The van der Waals surface area contributed by atoms with Crippen LogP contribution in [0, 0.1) is 0 Å². The highest BCUT2D eigenvalue weighted by Crippen LogP contribution is 1.96. The zero-order valence-corrected chi connectivity index (χ0v) is 12.2. The Bertz CT molecular complexity index is 547. The van der Waals surface area contributed by atoms with Crippen LogP contribution in [0.2, 0.25) is 0 Å². The molecule has 0 spiro atoms. The lowest BCUT2D eigenvalue weighted by atomic mass is 10.2. The van der Waals surface area contributed by atoms with Crippen molar-refractivity contribution in [2.45, 2.75) is 12.8 Å². The Morgan fingerprint density at radius 1 is 0.727 bits per heavy atom. The number of nitrogens with one attached hydrogen (secondary N) is 2. The lowest BCUT2D eigenvalue weighted by molar-refractivity contribution is -0.139. The fourth-order valence-corrected chi connectivity index (χ4v) is 1.90. The average Bonchev–Trinajstić information content (AvgIpc) is 2.56. The molecule has 0 aliphatic heterocycles. The van der Waals surface area contributed by atoms with Gasteiger partial charge in [0.05, 0.1) is 0 Å². The maximum Gasteiger partial charge on any atom is 0.309 e. The number of aromatic nitrogens is 2. The minimum atomic E-state index is -0.608. The molecule has 6 heteroatoms. The van der Waals surface area contributed by atoms with Gasteiger partial charge in [0.2, 0.25) is 0 Å². The summed E-state index contributed by atoms with van der Waals surface area (Å²) in [6, 6.07) is 7.50. The Balaban J connectivity index is 1.63. The summed E-state index contributed by atoms with van der Waals surface area (Å²) in [6.07, 6.45) is 8.12. The van der Waals surface area contributed by atoms with Crippen molar-refractivity contribution in [3.05, 3.63) is 60.2 Å². The molecule has 0 aliphatic rings. The van der Waals surface area contributed by atoms with Gasteiger partial charge in [-0.1, -0.05) is 0 Å². The number of carbonyl (C=O) groups is 2. The number of amides is 2. The molecule has 0 bridgehead atoms. The van der Waals surface area contributed by atoms with E-state index in [0.29, 0.717) is 25.9 Å². The third kappa shape index (κ3) is 5.32. The molecule has 0 aliphatic carbocycles. The summed E-state index contributed by atoms with van der Waals surface area (Å²) in [6.45, 7) is 0.835. The average molecular weight is 298 g/mol. The molecular weight excluding hydrogens is 280 g/mol. The zero-order chi connectivity index (χ0) is 15.6. The van der Waals surface area contributed by atoms with E-state index in [2.05, 4.69) is 20.6 Å². The number of nitrogens with zero attached hydrogens (tertiary/aromatic N) is 2. The van der Waals surface area contributed by atoms with Gasteiger partial charge in [-0.05, 0) is 48.2 Å². The molecule has 0 radical (unpaired) electrons. The fraction of sp³-hybridized carbons (Fsp3) is 0.250. The third-order valence-corrected chi connectivity index (χ3v) is 3.10. The summed E-state index contributed by atoms with van der Waals surface area (Å²) in [5, 5.41) is 5.20. The van der Waals surface area contributed by atoms with Crippen molar-refractivity contribution in [3.63, 3.8) is 0 Å². The first-order chi connectivity index (χ1) is 10.8. The topological polar surface area (TPSA) is 84.0 Å². The van der Waals surface area contributed by atoms with Gasteiger partial charge in [-0.2, -0.15) is 0 Å². The van der Waals surface area contributed by atoms with Crippen LogP contribution in [0.15, 0.2) is 49.1 Å². The van der Waals surface area contributed by atoms with E-state index in [1.54, 1.807) is 24.8 Å². The van der Waals surface area contributed by atoms with Crippen molar-refractivity contribution in [1.29, 1.82) is 0 Å². The minimum absolute atomic E-state index is 0.417. The Morgan fingerprint density at radius 2 is 1.09 bits per heavy atom. The molecule has 6 nitrogen and oxygen atoms in total. The summed E-state index contributed by atoms with van der Waals surface area (Å²) in [7, 11) is 0. The van der Waals surface area contributed by atoms with E-state index in [9.17, 15) is 9.59 Å². The second-order valence-corrected chi connectivity index (χ2v) is 4.72. The molecule has 0 saturated heterocycles. The van der Waals surface area contributed by atoms with Crippen LogP contribution >= 0.6 is 0 Å². The van der Waals surface area contributed by atoms with Crippen molar-refractivity contribution in [3.8, 4) is 0 Å². The van der Waals surface area contributed by atoms with E-state index in [-0.39, 0.29) is 0 Å². The molecule has 2 rings (SSSR count). The Kier molecular flexibility index (Phi) is 6.04. The summed E-state index contributed by atoms with van der Waals surface area (Å²) < 4.78 is 0. The molecule has 0 fully saturated rings. The maximum absolute atomic E-state index is 11.6. The first kappa shape index (κ1) is 15.6. The quantitative estimate of drug-likeness (QED) is 0.760. The monoisotopic (exact) mass is 298 g/mol. The largest absolute Gasteiger partial charge is 0.348 e. The predicted molar refractivity (Wildman–Crippen MR) is 81.9 cm³/mol. The first-order valence-corrected chi connectivity index (χ1v) is 7.09. The Morgan fingerprint density at radius 3 is 1.45 bits per heavy atom. The Hall–Kier alpha value is -2.76. The van der Waals surface area contributed by atoms with E-state index in [1.165, 1.54) is 0 Å². The van der Waals surface area contributed by atoms with E-state index < -0.39 is 11.8 Å². The van der Waals surface area contributed by atoms with Gasteiger partial charge in [0.15, 0.2) is 0 Å². The molecule has 114 valence electrons. The van der Waals surface area contributed by atoms with Crippen LogP contribution in [0.4, 0.5) is 0 Å². The van der Waals surface area contributed by atoms with Crippen molar-refractivity contribution in [1.82, 2.24) is 20.6 Å². The fourth-order valence-electron chi connectivity index (χ4n) is 1.90. The summed E-state index contributed by atoms with van der Waals surface area (Å²) in [5.41, 5.74) is 2.13. The van der Waals surface area contributed by atoms with Crippen molar-refractivity contribution >= 4 is 11.8 Å². The van der Waals surface area contributed by atoms with E-state index in [1.807, 2.05) is 24.3 Å². The van der Waals surface area contributed by atoms with Crippen LogP contribution in [-0.2, 0) is 22.4 Å². The van der Waals surface area contributed by atoms with Gasteiger partial charge in [0.25, 0.3) is 0 Å². The zero-order valence-electron chi connectivity index (χ0n) is 12.2. The molecule has 2 N–H and O–H groups in total. The summed E-state index contributed by atoms with van der Waals surface area (Å²) >= 11 is 0. The van der Waals surface area contributed by atoms with Gasteiger partial charge in [-0.15, -0.1) is 0 Å². The van der Waals surface area contributed by atoms with Crippen LogP contribution in [0.25, 0.3) is 0 Å². The molecular formula is C16H18N4O2. The summed E-state index contributed by atoms with van der Waals surface area (Å²) in [4.78, 5) is 31.1. The summed E-state index contributed by atoms with van der Waals surface area (Å²) in [5.74, 6) is -1.22. The molecule has 2 aromatic heterocycles. The van der Waals surface area contributed by atoms with Gasteiger partial charge in [-0.25, -0.2) is 0 Å². The standard InChI is InChI=1S/C16H18N4O2/c21-15(19-11-5-13-1-7-17-8-2-13)16(22)20-12-6-14-3-9-18-10-4-14/h1-4,7-10H,5-6,11-12H2,(H,19,21)(H,20,22). The van der Waals surface area contributed by atoms with Gasteiger partial charge >= 0.3 is 11.8 Å². The van der Waals surface area contributed by atoms with E-state index >= 15 is 0 Å². The first-order valence-electron chi connectivity index (χ1n) is 7.09. The van der Waals surface area contributed by atoms with E-state index in [4.69, 9.17) is 0 Å². The molecule has 0 saturated carbocycles. The van der Waals surface area contributed by atoms with E-state index in [0.717, 1.165) is 11.1 Å². The smallest absolute Gasteiger partial charge is 0.309 e. The maximum atomic E-state index is 11.6. The molecule has 2 amide bonds. The molecule has 0 unspecified atom stereocenters. The van der Waals surface area contributed by atoms with Crippen molar-refractivity contribution in [2.75, 3.05) is 13.1 Å². The van der Waals surface area contributed by atoms with Crippen molar-refractivity contribution in [2.24, 2.45) is 0 Å². The highest BCUT2D eigenvalue weighted by atomic mass is 16.2. The second-order valence-electron chi connectivity index (χ2n) is 4.72. The van der Waals surface area contributed by atoms with Gasteiger partial charge < -0.3 is 10.6 Å². The van der Waals surface area contributed by atoms with Crippen LogP contribution in [-0.4, -0.2) is 34.9 Å². The molecule has 2 heterocycles. The number of hydrogen-bond acceptors (Lipinski definition) is 4. The van der Waals surface area contributed by atoms with Crippen LogP contribution in [0.3, 0.4) is 0 Å². The second kappa shape index (κ2) is 8.51. The molecule has 0 aromatic carbocycles. The van der Waals surface area contributed by atoms with Crippen LogP contribution in [0.1, 0.15) is 11.1 Å². The highest BCUT2D eigenvalue weighted by molar-refractivity contribution is 6.35. The van der Waals surface area contributed by atoms with Gasteiger partial charge in [0.1, 0.15) is 0 Å². The van der Waals surface area contributed by atoms with Gasteiger partial charge in [-0.3, -0.25) is 19.6 Å². The number of carbonyl (C=O) groups excluding carboxylic acids is 2. The molecule has 2 aromatic rings.